The zero-order valence-corrected chi connectivity index (χ0v) is 19.5. The van der Waals surface area contributed by atoms with Crippen molar-refractivity contribution in [3.63, 3.8) is 0 Å². The monoisotopic (exact) mass is 408 g/mol. The van der Waals surface area contributed by atoms with Crippen molar-refractivity contribution in [2.24, 2.45) is 11.8 Å². The van der Waals surface area contributed by atoms with Gasteiger partial charge in [-0.2, -0.15) is 9.37 Å². The fourth-order valence-electron chi connectivity index (χ4n) is 4.38. The molecule has 0 bridgehead atoms. The molecule has 0 unspecified atom stereocenters. The van der Waals surface area contributed by atoms with E-state index in [1.165, 1.54) is 32.4 Å². The lowest BCUT2D eigenvalue weighted by Gasteiger charge is -2.35. The Bertz CT molecular complexity index is 545. The number of hydrogen-bond acceptors (Lipinski definition) is 3. The Morgan fingerprint density at radius 2 is 1.59 bits per heavy atom. The van der Waals surface area contributed by atoms with Crippen LogP contribution in [0.4, 0.5) is 4.79 Å². The van der Waals surface area contributed by atoms with Gasteiger partial charge in [-0.05, 0) is 98.2 Å². The van der Waals surface area contributed by atoms with Crippen LogP contribution in [0.25, 0.3) is 5.73 Å². The molecule has 2 heterocycles. The Hall–Kier alpha value is -0.980. The number of piperidine rings is 2. The zero-order chi connectivity index (χ0) is 21.7. The molecule has 6 heteroatoms. The van der Waals surface area contributed by atoms with E-state index in [2.05, 4.69) is 18.7 Å². The molecule has 2 rings (SSSR count). The molecular weight excluding hydrogens is 364 g/mol. The maximum absolute atomic E-state index is 13.0. The van der Waals surface area contributed by atoms with E-state index in [0.29, 0.717) is 19.6 Å². The van der Waals surface area contributed by atoms with Crippen LogP contribution >= 0.6 is 0 Å². The first-order valence-electron chi connectivity index (χ1n) is 11.4. The van der Waals surface area contributed by atoms with Crippen LogP contribution in [0.15, 0.2) is 0 Å². The van der Waals surface area contributed by atoms with Gasteiger partial charge in [0.2, 0.25) is 0 Å². The van der Waals surface area contributed by atoms with Gasteiger partial charge in [-0.1, -0.05) is 0 Å². The average Bonchev–Trinajstić information content (AvgIpc) is 2.68. The second-order valence-corrected chi connectivity index (χ2v) is 10.5. The molecule has 0 atom stereocenters. The van der Waals surface area contributed by atoms with E-state index in [0.717, 1.165) is 37.8 Å². The predicted molar refractivity (Wildman–Crippen MR) is 120 cm³/mol. The van der Waals surface area contributed by atoms with Crippen LogP contribution in [0, 0.1) is 11.8 Å². The summed E-state index contributed by atoms with van der Waals surface area (Å²) < 4.78 is 7.62. The lowest BCUT2D eigenvalue weighted by molar-refractivity contribution is -0.518. The number of amides is 2. The third-order valence-corrected chi connectivity index (χ3v) is 6.89. The molecule has 0 saturated carbocycles. The number of rotatable bonds is 8. The van der Waals surface area contributed by atoms with Crippen LogP contribution in [0.2, 0.25) is 0 Å². The first-order chi connectivity index (χ1) is 13.5. The number of hydrogen-bond donors (Lipinski definition) is 0. The van der Waals surface area contributed by atoms with Gasteiger partial charge in [-0.25, -0.2) is 4.90 Å². The highest BCUT2D eigenvalue weighted by molar-refractivity contribution is 5.68. The maximum atomic E-state index is 13.0. The van der Waals surface area contributed by atoms with Gasteiger partial charge in [0.05, 0.1) is 32.0 Å². The Morgan fingerprint density at radius 3 is 2.10 bits per heavy atom. The second-order valence-electron chi connectivity index (χ2n) is 10.5. The van der Waals surface area contributed by atoms with E-state index in [-0.39, 0.29) is 11.6 Å². The fourth-order valence-corrected chi connectivity index (χ4v) is 4.38. The van der Waals surface area contributed by atoms with Crippen molar-refractivity contribution in [1.29, 1.82) is 0 Å². The van der Waals surface area contributed by atoms with Gasteiger partial charge in [0.1, 0.15) is 5.54 Å². The molecule has 168 valence electrons. The van der Waals surface area contributed by atoms with E-state index in [4.69, 9.17) is 10.5 Å². The first-order valence-corrected chi connectivity index (χ1v) is 11.4. The van der Waals surface area contributed by atoms with E-state index in [1.807, 2.05) is 32.6 Å². The number of likely N-dealkylation sites (tertiary alicyclic amines) is 2. The molecular formula is C23H44N4O2. The van der Waals surface area contributed by atoms with Crippen molar-refractivity contribution in [1.82, 2.24) is 9.80 Å². The van der Waals surface area contributed by atoms with E-state index in [9.17, 15) is 4.79 Å². The van der Waals surface area contributed by atoms with Crippen molar-refractivity contribution >= 4 is 12.7 Å². The summed E-state index contributed by atoms with van der Waals surface area (Å²) in [5, 5.41) is 0. The molecule has 0 aromatic heterocycles. The van der Waals surface area contributed by atoms with Crippen molar-refractivity contribution in [2.45, 2.75) is 77.4 Å². The Labute approximate surface area is 178 Å². The lowest BCUT2D eigenvalue weighted by Crippen LogP contribution is -2.52. The number of ether oxygens (including phenoxy) is 1. The van der Waals surface area contributed by atoms with Crippen molar-refractivity contribution < 1.29 is 14.1 Å². The molecule has 2 amide bonds. The van der Waals surface area contributed by atoms with Gasteiger partial charge in [0.15, 0.2) is 0 Å². The third kappa shape index (κ3) is 7.34. The quantitative estimate of drug-likeness (QED) is 0.445. The molecule has 1 N–H and O–H groups in total. The lowest BCUT2D eigenvalue weighted by atomic mass is 9.83. The Morgan fingerprint density at radius 1 is 1.07 bits per heavy atom. The summed E-state index contributed by atoms with van der Waals surface area (Å²) in [4.78, 5) is 17.4. The fraction of sp³-hybridized carbons (Fsp3) is 0.913. The number of nitrogens with one attached hydrogen (secondary N) is 1. The zero-order valence-electron chi connectivity index (χ0n) is 19.5. The summed E-state index contributed by atoms with van der Waals surface area (Å²) in [5.74, 6) is 1.62. The topological polar surface area (TPSA) is 59.6 Å². The van der Waals surface area contributed by atoms with Crippen LogP contribution < -0.4 is 0 Å². The van der Waals surface area contributed by atoms with Gasteiger partial charge in [0.25, 0.3) is 0 Å². The Kier molecular flexibility index (Phi) is 8.68. The van der Waals surface area contributed by atoms with Gasteiger partial charge in [-0.3, -0.25) is 0 Å². The largest absolute Gasteiger partial charge is 0.677 e. The molecule has 0 spiro atoms. The molecule has 0 radical (unpaired) electrons. The molecule has 0 aliphatic carbocycles. The number of nitrogens with zero attached hydrogens (tertiary/aromatic N) is 3. The van der Waals surface area contributed by atoms with Gasteiger partial charge >= 0.3 is 6.03 Å². The van der Waals surface area contributed by atoms with E-state index < -0.39 is 5.54 Å². The van der Waals surface area contributed by atoms with Crippen molar-refractivity contribution in [2.75, 3.05) is 46.4 Å². The molecule has 29 heavy (non-hydrogen) atoms. The van der Waals surface area contributed by atoms with Crippen LogP contribution in [-0.4, -0.2) is 84.6 Å². The van der Waals surface area contributed by atoms with Crippen LogP contribution in [0.3, 0.4) is 0 Å². The predicted octanol–water partition coefficient (Wildman–Crippen LogP) is 4.28. The van der Waals surface area contributed by atoms with Crippen molar-refractivity contribution in [3.05, 3.63) is 5.73 Å². The Balaban J connectivity index is 1.79. The minimum atomic E-state index is -0.485. The smallest absolute Gasteiger partial charge is 0.493 e. The van der Waals surface area contributed by atoms with Gasteiger partial charge in [-0.15, -0.1) is 6.54 Å². The molecule has 2 aliphatic rings. The molecule has 2 fully saturated rings. The summed E-state index contributed by atoms with van der Waals surface area (Å²) >= 11 is 0. The van der Waals surface area contributed by atoms with E-state index in [1.54, 1.807) is 4.58 Å². The summed E-state index contributed by atoms with van der Waals surface area (Å²) in [5.41, 5.74) is 6.58. The average molecular weight is 409 g/mol. The minimum absolute atomic E-state index is 0.00892. The first kappa shape index (κ1) is 24.3. The number of carbonyl (C=O) groups is 1. The van der Waals surface area contributed by atoms with Crippen LogP contribution in [0.5, 0.6) is 0 Å². The molecule has 0 aromatic carbocycles. The van der Waals surface area contributed by atoms with Gasteiger partial charge in [0, 0.05) is 0 Å². The summed E-state index contributed by atoms with van der Waals surface area (Å²) in [7, 11) is 2.22. The third-order valence-electron chi connectivity index (χ3n) is 6.89. The normalized spacial score (nSPS) is 20.8. The maximum Gasteiger partial charge on any atom is 0.493 e. The standard InChI is InChI=1S/C23H44N4O2/c1-22(2,18-29-23(3,4)11-12-24)26(6)21(28)27-15-9-20(10-16-27)17-19-7-13-25(5)14-8-19/h19-20,24H,6-18H2,1-5H3. The highest BCUT2D eigenvalue weighted by atomic mass is 16.5. The second kappa shape index (κ2) is 10.4. The summed E-state index contributed by atoms with van der Waals surface area (Å²) in [6, 6.07) is 0.00892. The molecule has 0 aromatic rings. The minimum Gasteiger partial charge on any atom is -0.677 e. The van der Waals surface area contributed by atoms with Crippen molar-refractivity contribution in [3.8, 4) is 0 Å². The van der Waals surface area contributed by atoms with Gasteiger partial charge < -0.3 is 15.4 Å². The highest BCUT2D eigenvalue weighted by Crippen LogP contribution is 2.30. The van der Waals surface area contributed by atoms with Crippen LogP contribution in [0.1, 0.15) is 66.2 Å². The summed E-state index contributed by atoms with van der Waals surface area (Å²) in [6.07, 6.45) is 6.88. The molecule has 6 nitrogen and oxygen atoms in total. The number of urea groups is 1. The molecule has 2 aliphatic heterocycles. The highest BCUT2D eigenvalue weighted by Gasteiger charge is 2.39. The van der Waals surface area contributed by atoms with Crippen LogP contribution in [-0.2, 0) is 4.74 Å². The molecule has 2 saturated heterocycles. The SMILES string of the molecule is C=[N+](C(=O)N1CCC(CC2CCN(C)CC2)CC1)C(C)(C)COC(C)(C)CC[NH-]. The number of carbonyl (C=O) groups excluding carboxylic acids is 1. The van der Waals surface area contributed by atoms with E-state index >= 15 is 0 Å². The summed E-state index contributed by atoms with van der Waals surface area (Å²) in [6.45, 7) is 17.0.